The third kappa shape index (κ3) is 4.56. The van der Waals surface area contributed by atoms with Crippen LogP contribution in [-0.4, -0.2) is 30.3 Å². The molecule has 0 spiro atoms. The zero-order valence-electron chi connectivity index (χ0n) is 4.93. The van der Waals surface area contributed by atoms with Gasteiger partial charge in [-0.05, 0) is 6.42 Å². The Labute approximate surface area is 58.0 Å². The van der Waals surface area contributed by atoms with E-state index < -0.39 is 0 Å². The molecule has 3 heteroatoms. The molecule has 1 N–H and O–H groups in total. The SMILES string of the molecule is COCCC(Br)CO. The summed E-state index contributed by atoms with van der Waals surface area (Å²) in [7, 11) is 1.65. The molecule has 0 rings (SSSR count). The van der Waals surface area contributed by atoms with Crippen molar-refractivity contribution in [2.45, 2.75) is 11.2 Å². The Morgan fingerprint density at radius 1 is 1.75 bits per heavy atom. The lowest BCUT2D eigenvalue weighted by atomic mass is 10.3. The lowest BCUT2D eigenvalue weighted by molar-refractivity contribution is 0.184. The molecule has 0 heterocycles. The van der Waals surface area contributed by atoms with E-state index in [0.717, 1.165) is 6.42 Å². The summed E-state index contributed by atoms with van der Waals surface area (Å²) in [5.41, 5.74) is 0. The fourth-order valence-electron chi connectivity index (χ4n) is 0.337. The maximum Gasteiger partial charge on any atom is 0.0557 e. The minimum absolute atomic E-state index is 0.184. The first kappa shape index (κ1) is 8.40. The number of aliphatic hydroxyl groups excluding tert-OH is 1. The summed E-state index contributed by atoms with van der Waals surface area (Å²) in [6, 6.07) is 0. The fraction of sp³-hybridized carbons (Fsp3) is 1.00. The first-order valence-electron chi connectivity index (χ1n) is 2.55. The minimum atomic E-state index is 0.184. The molecule has 0 bridgehead atoms. The van der Waals surface area contributed by atoms with Crippen molar-refractivity contribution in [1.29, 1.82) is 0 Å². The van der Waals surface area contributed by atoms with E-state index in [4.69, 9.17) is 9.84 Å². The highest BCUT2D eigenvalue weighted by Gasteiger charge is 1.98. The summed E-state index contributed by atoms with van der Waals surface area (Å²) in [4.78, 5) is 0.197. The van der Waals surface area contributed by atoms with Gasteiger partial charge in [0.05, 0.1) is 6.61 Å². The summed E-state index contributed by atoms with van der Waals surface area (Å²) in [6.07, 6.45) is 0.868. The van der Waals surface area contributed by atoms with Crippen LogP contribution < -0.4 is 0 Å². The smallest absolute Gasteiger partial charge is 0.0557 e. The number of hydrogen-bond acceptors (Lipinski definition) is 2. The first-order chi connectivity index (χ1) is 3.81. The highest BCUT2D eigenvalue weighted by Crippen LogP contribution is 2.02. The third-order valence-electron chi connectivity index (χ3n) is 0.833. The summed E-state index contributed by atoms with van der Waals surface area (Å²) < 4.78 is 4.77. The number of hydrogen-bond donors (Lipinski definition) is 1. The lowest BCUT2D eigenvalue weighted by Crippen LogP contribution is -2.06. The predicted octanol–water partition coefficient (Wildman–Crippen LogP) is 0.779. The molecule has 1 unspecified atom stereocenters. The molecule has 2 nitrogen and oxygen atoms in total. The molecule has 0 aromatic rings. The first-order valence-corrected chi connectivity index (χ1v) is 3.46. The molecule has 0 aromatic carbocycles. The molecule has 0 aliphatic carbocycles. The van der Waals surface area contributed by atoms with E-state index in [-0.39, 0.29) is 11.4 Å². The van der Waals surface area contributed by atoms with Crippen molar-refractivity contribution in [1.82, 2.24) is 0 Å². The van der Waals surface area contributed by atoms with E-state index in [1.165, 1.54) is 0 Å². The fourth-order valence-corrected chi connectivity index (χ4v) is 0.524. The van der Waals surface area contributed by atoms with Crippen molar-refractivity contribution < 1.29 is 9.84 Å². The largest absolute Gasteiger partial charge is 0.395 e. The van der Waals surface area contributed by atoms with Gasteiger partial charge in [0, 0.05) is 18.5 Å². The van der Waals surface area contributed by atoms with Gasteiger partial charge < -0.3 is 9.84 Å². The molecule has 0 aromatic heterocycles. The van der Waals surface area contributed by atoms with Crippen LogP contribution >= 0.6 is 15.9 Å². The second-order valence-corrected chi connectivity index (χ2v) is 2.86. The zero-order valence-corrected chi connectivity index (χ0v) is 6.52. The van der Waals surface area contributed by atoms with Crippen molar-refractivity contribution >= 4 is 15.9 Å². The van der Waals surface area contributed by atoms with Crippen LogP contribution in [0.2, 0.25) is 0 Å². The Balaban J connectivity index is 2.86. The molecule has 0 saturated carbocycles. The summed E-state index contributed by atoms with van der Waals surface area (Å²) in [5.74, 6) is 0. The van der Waals surface area contributed by atoms with E-state index in [2.05, 4.69) is 15.9 Å². The summed E-state index contributed by atoms with van der Waals surface area (Å²) >= 11 is 3.25. The topological polar surface area (TPSA) is 29.5 Å². The molecule has 0 aliphatic rings. The number of ether oxygens (including phenoxy) is 1. The van der Waals surface area contributed by atoms with E-state index >= 15 is 0 Å². The Morgan fingerprint density at radius 3 is 2.75 bits per heavy atom. The van der Waals surface area contributed by atoms with Crippen LogP contribution in [-0.2, 0) is 4.74 Å². The van der Waals surface area contributed by atoms with Crippen molar-refractivity contribution in [3.05, 3.63) is 0 Å². The van der Waals surface area contributed by atoms with Gasteiger partial charge in [-0.25, -0.2) is 0 Å². The van der Waals surface area contributed by atoms with Crippen LogP contribution in [0.4, 0.5) is 0 Å². The number of rotatable bonds is 4. The molecule has 0 amide bonds. The minimum Gasteiger partial charge on any atom is -0.395 e. The van der Waals surface area contributed by atoms with Crippen LogP contribution in [0.25, 0.3) is 0 Å². The second kappa shape index (κ2) is 5.54. The van der Waals surface area contributed by atoms with Crippen molar-refractivity contribution in [2.24, 2.45) is 0 Å². The van der Waals surface area contributed by atoms with E-state index in [1.807, 2.05) is 0 Å². The lowest BCUT2D eigenvalue weighted by Gasteiger charge is -2.02. The molecule has 0 saturated heterocycles. The van der Waals surface area contributed by atoms with Gasteiger partial charge in [-0.2, -0.15) is 0 Å². The Hall–Kier alpha value is 0.400. The molecule has 0 aliphatic heterocycles. The maximum atomic E-state index is 8.46. The summed E-state index contributed by atoms with van der Waals surface area (Å²) in [6.45, 7) is 0.889. The van der Waals surface area contributed by atoms with Gasteiger partial charge >= 0.3 is 0 Å². The standard InChI is InChI=1S/C5H11BrO2/c1-8-3-2-5(6)4-7/h5,7H,2-4H2,1H3. The highest BCUT2D eigenvalue weighted by atomic mass is 79.9. The number of alkyl halides is 1. The molecule has 0 fully saturated rings. The van der Waals surface area contributed by atoms with Crippen LogP contribution in [0.15, 0.2) is 0 Å². The van der Waals surface area contributed by atoms with Gasteiger partial charge in [0.1, 0.15) is 0 Å². The molecular formula is C5H11BrO2. The molecular weight excluding hydrogens is 172 g/mol. The average Bonchev–Trinajstić information content (AvgIpc) is 1.83. The van der Waals surface area contributed by atoms with Crippen LogP contribution in [0.5, 0.6) is 0 Å². The van der Waals surface area contributed by atoms with Crippen molar-refractivity contribution in [3.8, 4) is 0 Å². The quantitative estimate of drug-likeness (QED) is 0.652. The van der Waals surface area contributed by atoms with E-state index in [1.54, 1.807) is 7.11 Å². The maximum absolute atomic E-state index is 8.46. The van der Waals surface area contributed by atoms with Gasteiger partial charge in [0.2, 0.25) is 0 Å². The van der Waals surface area contributed by atoms with Crippen molar-refractivity contribution in [2.75, 3.05) is 20.3 Å². The van der Waals surface area contributed by atoms with Crippen LogP contribution in [0, 0.1) is 0 Å². The highest BCUT2D eigenvalue weighted by molar-refractivity contribution is 9.09. The third-order valence-corrected chi connectivity index (χ3v) is 1.58. The predicted molar refractivity (Wildman–Crippen MR) is 36.3 cm³/mol. The number of halogens is 1. The normalized spacial score (nSPS) is 13.9. The zero-order chi connectivity index (χ0) is 6.41. The molecule has 1 atom stereocenters. The molecule has 50 valence electrons. The van der Waals surface area contributed by atoms with Gasteiger partial charge in [-0.3, -0.25) is 0 Å². The van der Waals surface area contributed by atoms with Crippen molar-refractivity contribution in [3.63, 3.8) is 0 Å². The Kier molecular flexibility index (Phi) is 5.81. The van der Waals surface area contributed by atoms with Gasteiger partial charge in [-0.15, -0.1) is 0 Å². The molecule has 8 heavy (non-hydrogen) atoms. The van der Waals surface area contributed by atoms with Gasteiger partial charge in [-0.1, -0.05) is 15.9 Å². The van der Waals surface area contributed by atoms with E-state index in [0.29, 0.717) is 6.61 Å². The Morgan fingerprint density at radius 2 is 2.38 bits per heavy atom. The second-order valence-electron chi connectivity index (χ2n) is 1.56. The average molecular weight is 183 g/mol. The molecule has 0 radical (unpaired) electrons. The van der Waals surface area contributed by atoms with E-state index in [9.17, 15) is 0 Å². The van der Waals surface area contributed by atoms with Crippen LogP contribution in [0.3, 0.4) is 0 Å². The van der Waals surface area contributed by atoms with Gasteiger partial charge in [0.15, 0.2) is 0 Å². The summed E-state index contributed by atoms with van der Waals surface area (Å²) in [5, 5.41) is 8.46. The van der Waals surface area contributed by atoms with Gasteiger partial charge in [0.25, 0.3) is 0 Å². The van der Waals surface area contributed by atoms with Crippen LogP contribution in [0.1, 0.15) is 6.42 Å². The number of aliphatic hydroxyl groups is 1. The Bertz CT molecular complexity index is 49.7. The number of methoxy groups -OCH3 is 1. The monoisotopic (exact) mass is 182 g/mol.